The highest BCUT2D eigenvalue weighted by atomic mass is 14.6. The van der Waals surface area contributed by atoms with Gasteiger partial charge < -0.3 is 0 Å². The van der Waals surface area contributed by atoms with Crippen molar-refractivity contribution in [1.29, 1.82) is 0 Å². The number of rotatable bonds is 7. The van der Waals surface area contributed by atoms with Crippen LogP contribution in [0, 0.1) is 35.0 Å². The van der Waals surface area contributed by atoms with Crippen LogP contribution in [0.15, 0.2) is 0 Å². The van der Waals surface area contributed by atoms with Gasteiger partial charge in [0.25, 0.3) is 0 Å². The van der Waals surface area contributed by atoms with Crippen LogP contribution in [0.4, 0.5) is 0 Å². The van der Waals surface area contributed by atoms with Gasteiger partial charge >= 0.3 is 0 Å². The summed E-state index contributed by atoms with van der Waals surface area (Å²) >= 11 is 0. The largest absolute Gasteiger partial charge is 0.0750 e. The molecular weight excluding hydrogens is 287 g/mol. The number of hydrogen-bond donors (Lipinski definition) is 0. The van der Waals surface area contributed by atoms with Crippen molar-refractivity contribution in [1.82, 2.24) is 0 Å². The lowest BCUT2D eigenvalue weighted by Gasteiger charge is -2.59. The molecule has 0 aromatic carbocycles. The van der Waals surface area contributed by atoms with Crippen LogP contribution in [-0.4, -0.2) is 7.85 Å². The second kappa shape index (κ2) is 8.17. The Morgan fingerprint density at radius 3 is 2.29 bits per heavy atom. The van der Waals surface area contributed by atoms with Crippen molar-refractivity contribution < 1.29 is 0 Å². The molecule has 0 N–H and O–H groups in total. The first-order valence-electron chi connectivity index (χ1n) is 11.1. The fourth-order valence-electron chi connectivity index (χ4n) is 6.13. The molecule has 0 nitrogen and oxygen atoms in total. The second-order valence-electron chi connectivity index (χ2n) is 9.99. The average Bonchev–Trinajstić information content (AvgIpc) is 2.77. The fourth-order valence-corrected chi connectivity index (χ4v) is 6.13. The third-order valence-electron chi connectivity index (χ3n) is 8.92. The molecule has 2 radical (unpaired) electrons. The van der Waals surface area contributed by atoms with Gasteiger partial charge in [0.1, 0.15) is 0 Å². The van der Waals surface area contributed by atoms with Crippen molar-refractivity contribution in [3.8, 4) is 0 Å². The van der Waals surface area contributed by atoms with Crippen LogP contribution in [0.2, 0.25) is 5.31 Å². The van der Waals surface area contributed by atoms with E-state index in [1.165, 1.54) is 64.2 Å². The fraction of sp³-hybridized carbons (Fsp3) is 1.00. The summed E-state index contributed by atoms with van der Waals surface area (Å²) in [4.78, 5) is 0. The van der Waals surface area contributed by atoms with Crippen LogP contribution in [0.25, 0.3) is 0 Å². The quantitative estimate of drug-likeness (QED) is 0.336. The predicted octanol–water partition coefficient (Wildman–Crippen LogP) is 7.43. The van der Waals surface area contributed by atoms with Crippen molar-refractivity contribution in [2.75, 3.05) is 0 Å². The zero-order valence-electron chi connectivity index (χ0n) is 17.5. The Labute approximate surface area is 154 Å². The maximum Gasteiger partial charge on any atom is 0.0750 e. The Hall–Kier alpha value is 0.0649. The highest BCUT2D eigenvalue weighted by Gasteiger charge is 2.53. The van der Waals surface area contributed by atoms with E-state index in [1.54, 1.807) is 0 Å². The number of hydrogen-bond acceptors (Lipinski definition) is 0. The first kappa shape index (κ1) is 20.4. The predicted molar refractivity (Wildman–Crippen MR) is 109 cm³/mol. The van der Waals surface area contributed by atoms with Crippen LogP contribution in [-0.2, 0) is 0 Å². The third-order valence-corrected chi connectivity index (χ3v) is 8.92. The molecular formula is C23H43B. The summed E-state index contributed by atoms with van der Waals surface area (Å²) in [5.74, 6) is 4.27. The molecule has 2 fully saturated rings. The molecule has 0 bridgehead atoms. The van der Waals surface area contributed by atoms with Crippen LogP contribution >= 0.6 is 0 Å². The van der Waals surface area contributed by atoms with Gasteiger partial charge in [-0.3, -0.25) is 0 Å². The molecule has 2 aliphatic rings. The van der Waals surface area contributed by atoms with Crippen molar-refractivity contribution in [2.45, 2.75) is 111 Å². The summed E-state index contributed by atoms with van der Waals surface area (Å²) < 4.78 is 0. The van der Waals surface area contributed by atoms with Gasteiger partial charge in [-0.1, -0.05) is 105 Å². The summed E-state index contributed by atoms with van der Waals surface area (Å²) in [6.45, 7) is 14.6. The van der Waals surface area contributed by atoms with E-state index in [2.05, 4.69) is 41.5 Å². The van der Waals surface area contributed by atoms with Gasteiger partial charge in [-0.15, -0.1) is 0 Å². The Morgan fingerprint density at radius 2 is 1.75 bits per heavy atom. The smallest absolute Gasteiger partial charge is 0.0651 e. The van der Waals surface area contributed by atoms with Crippen LogP contribution in [0.5, 0.6) is 0 Å². The minimum absolute atomic E-state index is 0.0901. The van der Waals surface area contributed by atoms with E-state index in [0.29, 0.717) is 11.3 Å². The normalized spacial score (nSPS) is 41.7. The zero-order valence-corrected chi connectivity index (χ0v) is 17.5. The van der Waals surface area contributed by atoms with Gasteiger partial charge in [-0.2, -0.15) is 0 Å². The first-order valence-corrected chi connectivity index (χ1v) is 11.1. The van der Waals surface area contributed by atoms with Crippen molar-refractivity contribution in [2.24, 2.45) is 35.0 Å². The van der Waals surface area contributed by atoms with Gasteiger partial charge in [0.2, 0.25) is 0 Å². The van der Waals surface area contributed by atoms with E-state index in [-0.39, 0.29) is 5.31 Å². The van der Waals surface area contributed by atoms with Gasteiger partial charge in [-0.05, 0) is 41.4 Å². The molecule has 6 unspecified atom stereocenters. The van der Waals surface area contributed by atoms with Crippen LogP contribution < -0.4 is 0 Å². The standard InChI is InChI=1S/C23H43B/c1-7-20(8-2)11-12-21-10-9-14-23(24,15-13-21)19(5)22(6)16-17(3)18(22)4/h17-21H,7-16H2,1-6H3. The highest BCUT2D eigenvalue weighted by Crippen LogP contribution is 2.63. The lowest BCUT2D eigenvalue weighted by molar-refractivity contribution is -0.0691. The van der Waals surface area contributed by atoms with E-state index in [1.807, 2.05) is 0 Å². The Kier molecular flexibility index (Phi) is 6.94. The third kappa shape index (κ3) is 4.07. The summed E-state index contributed by atoms with van der Waals surface area (Å²) in [5.41, 5.74) is 0.476. The molecule has 0 heterocycles. The monoisotopic (exact) mass is 330 g/mol. The minimum Gasteiger partial charge on any atom is -0.0651 e. The topological polar surface area (TPSA) is 0 Å². The van der Waals surface area contributed by atoms with E-state index >= 15 is 0 Å². The lowest BCUT2D eigenvalue weighted by Crippen LogP contribution is -2.50. The van der Waals surface area contributed by atoms with E-state index < -0.39 is 0 Å². The van der Waals surface area contributed by atoms with Gasteiger partial charge in [0.05, 0.1) is 7.85 Å². The molecule has 6 atom stereocenters. The Balaban J connectivity index is 1.91. The Morgan fingerprint density at radius 1 is 1.08 bits per heavy atom. The van der Waals surface area contributed by atoms with Gasteiger partial charge in [0, 0.05) is 0 Å². The van der Waals surface area contributed by atoms with Crippen molar-refractivity contribution in [3.63, 3.8) is 0 Å². The molecule has 138 valence electrons. The molecule has 0 spiro atoms. The molecule has 2 aliphatic carbocycles. The van der Waals surface area contributed by atoms with Gasteiger partial charge in [-0.25, -0.2) is 0 Å². The van der Waals surface area contributed by atoms with Crippen molar-refractivity contribution >= 4 is 7.85 Å². The Bertz CT molecular complexity index is 387. The summed E-state index contributed by atoms with van der Waals surface area (Å²) in [7, 11) is 7.08. The van der Waals surface area contributed by atoms with Crippen molar-refractivity contribution in [3.05, 3.63) is 0 Å². The average molecular weight is 330 g/mol. The molecule has 2 rings (SSSR count). The van der Waals surface area contributed by atoms with E-state index in [0.717, 1.165) is 23.7 Å². The minimum atomic E-state index is 0.0901. The molecule has 0 saturated heterocycles. The zero-order chi connectivity index (χ0) is 18.0. The molecule has 0 aliphatic heterocycles. The van der Waals surface area contributed by atoms with E-state index in [4.69, 9.17) is 7.85 Å². The molecule has 1 heteroatoms. The maximum atomic E-state index is 7.08. The molecule has 0 aromatic rings. The highest BCUT2D eigenvalue weighted by molar-refractivity contribution is 6.15. The van der Waals surface area contributed by atoms with Crippen LogP contribution in [0.3, 0.4) is 0 Å². The first-order chi connectivity index (χ1) is 11.3. The summed E-state index contributed by atoms with van der Waals surface area (Å²) in [6.07, 6.45) is 13.7. The van der Waals surface area contributed by atoms with Crippen LogP contribution in [0.1, 0.15) is 106 Å². The van der Waals surface area contributed by atoms with E-state index in [9.17, 15) is 0 Å². The maximum absolute atomic E-state index is 7.08. The summed E-state index contributed by atoms with van der Waals surface area (Å²) in [6, 6.07) is 0. The second-order valence-corrected chi connectivity index (χ2v) is 9.99. The van der Waals surface area contributed by atoms with Gasteiger partial charge in [0.15, 0.2) is 0 Å². The lowest BCUT2D eigenvalue weighted by atomic mass is 9.42. The molecule has 0 amide bonds. The summed E-state index contributed by atoms with van der Waals surface area (Å²) in [5, 5.41) is 0.0901. The molecule has 0 aromatic heterocycles. The SMILES string of the molecule is [B]C1(C(C)C2(C)CC(C)C2C)CCCC(CCC(CC)CC)CC1. The molecule has 2 saturated carbocycles. The molecule has 24 heavy (non-hydrogen) atoms.